The molecular formula is C20H22ClNO. The zero-order chi connectivity index (χ0) is 16.0. The van der Waals surface area contributed by atoms with E-state index in [0.29, 0.717) is 17.9 Å². The molecule has 1 aliphatic carbocycles. The van der Waals surface area contributed by atoms with Crippen molar-refractivity contribution in [3.8, 4) is 5.75 Å². The van der Waals surface area contributed by atoms with E-state index in [9.17, 15) is 0 Å². The monoisotopic (exact) mass is 327 g/mol. The lowest BCUT2D eigenvalue weighted by Gasteiger charge is -2.37. The molecule has 0 spiro atoms. The van der Waals surface area contributed by atoms with Gasteiger partial charge < -0.3 is 4.74 Å². The van der Waals surface area contributed by atoms with E-state index in [1.165, 1.54) is 36.1 Å². The number of methoxy groups -OCH3 is 1. The first-order valence-electron chi connectivity index (χ1n) is 8.32. The summed E-state index contributed by atoms with van der Waals surface area (Å²) in [5.74, 6) is 1.96. The maximum absolute atomic E-state index is 6.33. The minimum absolute atomic E-state index is 0.409. The number of likely N-dealkylation sites (tertiary alicyclic amines) is 1. The van der Waals surface area contributed by atoms with Gasteiger partial charge in [0, 0.05) is 17.0 Å². The molecule has 3 heteroatoms. The van der Waals surface area contributed by atoms with Gasteiger partial charge in [-0.15, -0.1) is 0 Å². The van der Waals surface area contributed by atoms with Gasteiger partial charge in [0.15, 0.2) is 0 Å². The zero-order valence-electron chi connectivity index (χ0n) is 13.6. The largest absolute Gasteiger partial charge is 0.497 e. The SMILES string of the molecule is COc1cccc(C2c3cc(Cl)ccc3C3C2CCCN3C)c1. The van der Waals surface area contributed by atoms with Crippen LogP contribution in [-0.2, 0) is 0 Å². The van der Waals surface area contributed by atoms with Crippen LogP contribution in [0.1, 0.15) is 41.5 Å². The van der Waals surface area contributed by atoms with Crippen LogP contribution in [0.25, 0.3) is 0 Å². The molecule has 3 unspecified atom stereocenters. The van der Waals surface area contributed by atoms with Crippen molar-refractivity contribution in [3.63, 3.8) is 0 Å². The summed E-state index contributed by atoms with van der Waals surface area (Å²) < 4.78 is 5.45. The first-order chi connectivity index (χ1) is 11.2. The molecule has 0 saturated carbocycles. The van der Waals surface area contributed by atoms with E-state index in [1.807, 2.05) is 12.1 Å². The van der Waals surface area contributed by atoms with E-state index in [1.54, 1.807) is 7.11 Å². The lowest BCUT2D eigenvalue weighted by Crippen LogP contribution is -2.34. The molecule has 23 heavy (non-hydrogen) atoms. The third-order valence-corrected chi connectivity index (χ3v) is 5.75. The molecule has 120 valence electrons. The van der Waals surface area contributed by atoms with Gasteiger partial charge in [-0.2, -0.15) is 0 Å². The summed E-state index contributed by atoms with van der Waals surface area (Å²) in [7, 11) is 3.99. The smallest absolute Gasteiger partial charge is 0.119 e. The normalized spacial score (nSPS) is 26.7. The second kappa shape index (κ2) is 5.85. The fraction of sp³-hybridized carbons (Fsp3) is 0.400. The van der Waals surface area contributed by atoms with Crippen molar-refractivity contribution < 1.29 is 4.74 Å². The predicted molar refractivity (Wildman–Crippen MR) is 94.4 cm³/mol. The highest BCUT2D eigenvalue weighted by Gasteiger charge is 2.44. The minimum Gasteiger partial charge on any atom is -0.497 e. The molecule has 1 fully saturated rings. The Hall–Kier alpha value is -1.51. The summed E-state index contributed by atoms with van der Waals surface area (Å²) in [5.41, 5.74) is 4.19. The molecule has 1 saturated heterocycles. The van der Waals surface area contributed by atoms with Crippen LogP contribution in [0.15, 0.2) is 42.5 Å². The Bertz CT molecular complexity index is 729. The third kappa shape index (κ3) is 2.45. The standard InChI is InChI=1S/C20H22ClNO/c1-22-10-4-7-17-19(13-5-3-6-15(11-13)23-2)18-12-14(21)8-9-16(18)20(17)22/h3,5-6,8-9,11-12,17,19-20H,4,7,10H2,1-2H3. The summed E-state index contributed by atoms with van der Waals surface area (Å²) in [6, 6.07) is 15.5. The molecule has 2 aromatic rings. The number of hydrogen-bond donors (Lipinski definition) is 0. The molecule has 2 nitrogen and oxygen atoms in total. The first-order valence-corrected chi connectivity index (χ1v) is 8.70. The van der Waals surface area contributed by atoms with Gasteiger partial charge in [-0.1, -0.05) is 29.8 Å². The average Bonchev–Trinajstić information content (AvgIpc) is 2.89. The Kier molecular flexibility index (Phi) is 3.82. The van der Waals surface area contributed by atoms with Gasteiger partial charge in [-0.05, 0) is 73.3 Å². The van der Waals surface area contributed by atoms with Crippen LogP contribution in [0.4, 0.5) is 0 Å². The molecule has 0 radical (unpaired) electrons. The van der Waals surface area contributed by atoms with Gasteiger partial charge in [0.05, 0.1) is 7.11 Å². The fourth-order valence-electron chi connectivity index (χ4n) is 4.59. The number of ether oxygens (including phenoxy) is 1. The van der Waals surface area contributed by atoms with E-state index in [-0.39, 0.29) is 0 Å². The van der Waals surface area contributed by atoms with E-state index in [2.05, 4.69) is 42.3 Å². The lowest BCUT2D eigenvalue weighted by molar-refractivity contribution is 0.127. The van der Waals surface area contributed by atoms with Crippen LogP contribution >= 0.6 is 11.6 Å². The number of fused-ring (bicyclic) bond motifs is 3. The Balaban J connectivity index is 1.86. The molecule has 1 aliphatic heterocycles. The molecule has 2 aromatic carbocycles. The number of rotatable bonds is 2. The van der Waals surface area contributed by atoms with Gasteiger partial charge in [-0.25, -0.2) is 0 Å². The van der Waals surface area contributed by atoms with E-state index < -0.39 is 0 Å². The van der Waals surface area contributed by atoms with Crippen molar-refractivity contribution in [2.24, 2.45) is 5.92 Å². The molecule has 2 aliphatic rings. The second-order valence-corrected chi connectivity index (χ2v) is 7.20. The van der Waals surface area contributed by atoms with Crippen molar-refractivity contribution in [2.45, 2.75) is 24.8 Å². The Morgan fingerprint density at radius 1 is 1.13 bits per heavy atom. The number of piperidine rings is 1. The van der Waals surface area contributed by atoms with Crippen LogP contribution in [0.5, 0.6) is 5.75 Å². The molecule has 4 rings (SSSR count). The van der Waals surface area contributed by atoms with Crippen molar-refractivity contribution in [1.82, 2.24) is 4.90 Å². The number of nitrogens with zero attached hydrogens (tertiary/aromatic N) is 1. The maximum atomic E-state index is 6.33. The summed E-state index contributed by atoms with van der Waals surface area (Å²) in [6.07, 6.45) is 2.53. The maximum Gasteiger partial charge on any atom is 0.119 e. The number of benzene rings is 2. The Morgan fingerprint density at radius 2 is 2.00 bits per heavy atom. The summed E-state index contributed by atoms with van der Waals surface area (Å²) in [6.45, 7) is 1.17. The lowest BCUT2D eigenvalue weighted by atomic mass is 9.80. The second-order valence-electron chi connectivity index (χ2n) is 6.76. The van der Waals surface area contributed by atoms with Gasteiger partial charge in [-0.3, -0.25) is 4.90 Å². The number of hydrogen-bond acceptors (Lipinski definition) is 2. The van der Waals surface area contributed by atoms with Gasteiger partial charge in [0.2, 0.25) is 0 Å². The molecule has 1 heterocycles. The highest BCUT2D eigenvalue weighted by molar-refractivity contribution is 6.30. The van der Waals surface area contributed by atoms with Crippen molar-refractivity contribution in [3.05, 3.63) is 64.2 Å². The molecule has 3 atom stereocenters. The zero-order valence-corrected chi connectivity index (χ0v) is 14.4. The van der Waals surface area contributed by atoms with Gasteiger partial charge in [0.1, 0.15) is 5.75 Å². The molecule has 0 amide bonds. The summed E-state index contributed by atoms with van der Waals surface area (Å²) >= 11 is 6.33. The minimum atomic E-state index is 0.409. The highest BCUT2D eigenvalue weighted by atomic mass is 35.5. The Labute approximate surface area is 143 Å². The Morgan fingerprint density at radius 3 is 2.83 bits per heavy atom. The molecule has 0 bridgehead atoms. The predicted octanol–water partition coefficient (Wildman–Crippen LogP) is 4.88. The fourth-order valence-corrected chi connectivity index (χ4v) is 4.77. The van der Waals surface area contributed by atoms with E-state index in [0.717, 1.165) is 10.8 Å². The summed E-state index contributed by atoms with van der Waals surface area (Å²) in [5, 5.41) is 0.831. The van der Waals surface area contributed by atoms with Crippen LogP contribution < -0.4 is 4.74 Å². The number of halogens is 1. The topological polar surface area (TPSA) is 12.5 Å². The van der Waals surface area contributed by atoms with Crippen LogP contribution in [0.3, 0.4) is 0 Å². The average molecular weight is 328 g/mol. The van der Waals surface area contributed by atoms with E-state index in [4.69, 9.17) is 16.3 Å². The van der Waals surface area contributed by atoms with Crippen LogP contribution in [0.2, 0.25) is 5.02 Å². The summed E-state index contributed by atoms with van der Waals surface area (Å²) in [4.78, 5) is 2.51. The molecule has 0 aromatic heterocycles. The highest BCUT2D eigenvalue weighted by Crippen LogP contribution is 2.54. The van der Waals surface area contributed by atoms with Crippen molar-refractivity contribution >= 4 is 11.6 Å². The van der Waals surface area contributed by atoms with Crippen LogP contribution in [0, 0.1) is 5.92 Å². The quantitative estimate of drug-likeness (QED) is 0.779. The van der Waals surface area contributed by atoms with E-state index >= 15 is 0 Å². The van der Waals surface area contributed by atoms with Crippen molar-refractivity contribution in [1.29, 1.82) is 0 Å². The first kappa shape index (κ1) is 15.0. The van der Waals surface area contributed by atoms with Gasteiger partial charge in [0.25, 0.3) is 0 Å². The third-order valence-electron chi connectivity index (χ3n) is 5.51. The van der Waals surface area contributed by atoms with Gasteiger partial charge >= 0.3 is 0 Å². The molecular weight excluding hydrogens is 306 g/mol. The molecule has 0 N–H and O–H groups in total. The van der Waals surface area contributed by atoms with Crippen LogP contribution in [-0.4, -0.2) is 25.6 Å². The van der Waals surface area contributed by atoms with Crippen molar-refractivity contribution in [2.75, 3.05) is 20.7 Å².